The minimum absolute atomic E-state index is 0. The summed E-state index contributed by atoms with van der Waals surface area (Å²) in [4.78, 5) is 0. The molecule has 1 aromatic rings. The molecule has 118 valence electrons. The third-order valence-electron chi connectivity index (χ3n) is 2.30. The minimum atomic E-state index is -0.0146. The van der Waals surface area contributed by atoms with Crippen LogP contribution in [0.15, 0.2) is 30.3 Å². The Hall–Kier alpha value is 0.0231. The first kappa shape index (κ1) is 28.2. The van der Waals surface area contributed by atoms with Gasteiger partial charge in [0.1, 0.15) is 0 Å². The SMILES string of the molecule is CC([N-][C@H](C)c1ccccc1)[N-]C(C)(C)C.[CH3-].[CH3-].[CH3-].[Zr]. The van der Waals surface area contributed by atoms with Gasteiger partial charge in [-0.25, -0.2) is 6.17 Å². The van der Waals surface area contributed by atoms with Gasteiger partial charge in [0.2, 0.25) is 0 Å². The molecule has 0 aliphatic rings. The van der Waals surface area contributed by atoms with E-state index in [1.54, 1.807) is 0 Å². The van der Waals surface area contributed by atoms with Crippen LogP contribution in [0.1, 0.15) is 46.2 Å². The van der Waals surface area contributed by atoms with Crippen molar-refractivity contribution in [1.82, 2.24) is 0 Å². The summed E-state index contributed by atoms with van der Waals surface area (Å²) in [5.41, 5.74) is 1.23. The van der Waals surface area contributed by atoms with Gasteiger partial charge in [-0.2, -0.15) is 0 Å². The summed E-state index contributed by atoms with van der Waals surface area (Å²) < 4.78 is 0. The van der Waals surface area contributed by atoms with Crippen LogP contribution in [0.25, 0.3) is 10.6 Å². The first-order chi connectivity index (χ1) is 7.38. The molecule has 2 atom stereocenters. The maximum Gasteiger partial charge on any atom is 0 e. The molecule has 0 bridgehead atoms. The Morgan fingerprint density at radius 3 is 1.75 bits per heavy atom. The summed E-state index contributed by atoms with van der Waals surface area (Å²) in [7, 11) is 0. The first-order valence-electron chi connectivity index (χ1n) is 5.85. The van der Waals surface area contributed by atoms with E-state index in [2.05, 4.69) is 50.5 Å². The van der Waals surface area contributed by atoms with E-state index in [-0.39, 0.29) is 66.2 Å². The second-order valence-corrected chi connectivity index (χ2v) is 5.17. The summed E-state index contributed by atoms with van der Waals surface area (Å²) in [6.45, 7) is 10.5. The van der Waals surface area contributed by atoms with Gasteiger partial charge in [-0.05, 0) is 0 Å². The van der Waals surface area contributed by atoms with Crippen molar-refractivity contribution >= 4 is 0 Å². The maximum absolute atomic E-state index is 4.67. The Morgan fingerprint density at radius 1 is 0.900 bits per heavy atom. The standard InChI is InChI=1S/C14H22N2.3CH3.Zr/c1-11(13-9-7-6-8-10-13)15-12(2)16-14(3,4)5;;;;/h6-12H,1-5H3;3*1H3;/q-2;3*-1;/t11-,12?;;;;/m1..../s1. The monoisotopic (exact) mass is 353 g/mol. The van der Waals surface area contributed by atoms with Crippen molar-refractivity contribution in [2.24, 2.45) is 0 Å². The molecule has 0 heterocycles. The number of hydrogen-bond acceptors (Lipinski definition) is 0. The quantitative estimate of drug-likeness (QED) is 0.594. The zero-order valence-corrected chi connectivity index (χ0v) is 16.9. The van der Waals surface area contributed by atoms with Crippen molar-refractivity contribution in [1.29, 1.82) is 0 Å². The molecule has 0 aliphatic heterocycles. The van der Waals surface area contributed by atoms with E-state index in [1.165, 1.54) is 5.56 Å². The van der Waals surface area contributed by atoms with E-state index >= 15 is 0 Å². The van der Waals surface area contributed by atoms with Crippen LogP contribution >= 0.6 is 0 Å². The van der Waals surface area contributed by atoms with Gasteiger partial charge in [-0.15, -0.1) is 18.5 Å². The normalized spacial score (nSPS) is 12.7. The van der Waals surface area contributed by atoms with Crippen molar-refractivity contribution in [2.45, 2.75) is 52.4 Å². The van der Waals surface area contributed by atoms with Crippen molar-refractivity contribution in [2.75, 3.05) is 0 Å². The Kier molecular flexibility index (Phi) is 18.0. The molecule has 0 fully saturated rings. The molecule has 0 radical (unpaired) electrons. The van der Waals surface area contributed by atoms with Gasteiger partial charge in [0.05, 0.1) is 0 Å². The number of benzene rings is 1. The summed E-state index contributed by atoms with van der Waals surface area (Å²) >= 11 is 0. The molecular weight excluding hydrogens is 323 g/mol. The molecule has 3 heteroatoms. The van der Waals surface area contributed by atoms with E-state index in [0.29, 0.717) is 0 Å². The molecule has 20 heavy (non-hydrogen) atoms. The second kappa shape index (κ2) is 12.7. The van der Waals surface area contributed by atoms with Crippen molar-refractivity contribution in [3.8, 4) is 0 Å². The number of rotatable bonds is 4. The third kappa shape index (κ3) is 11.8. The molecule has 0 saturated heterocycles. The molecule has 0 N–H and O–H groups in total. The zero-order chi connectivity index (χ0) is 12.2. The van der Waals surface area contributed by atoms with E-state index in [1.807, 2.05) is 25.1 Å². The average molecular weight is 355 g/mol. The van der Waals surface area contributed by atoms with E-state index in [4.69, 9.17) is 0 Å². The fourth-order valence-electron chi connectivity index (χ4n) is 1.74. The fourth-order valence-corrected chi connectivity index (χ4v) is 1.74. The molecule has 0 amide bonds. The maximum atomic E-state index is 4.67. The van der Waals surface area contributed by atoms with Crippen LogP contribution in [0.2, 0.25) is 0 Å². The van der Waals surface area contributed by atoms with E-state index in [0.717, 1.165) is 0 Å². The zero-order valence-electron chi connectivity index (χ0n) is 14.4. The molecule has 1 rings (SSSR count). The summed E-state index contributed by atoms with van der Waals surface area (Å²) in [5, 5.41) is 9.27. The van der Waals surface area contributed by atoms with Gasteiger partial charge in [0, 0.05) is 26.2 Å². The molecule has 2 nitrogen and oxygen atoms in total. The largest absolute Gasteiger partial charge is 0.673 e. The Labute approximate surface area is 147 Å². The van der Waals surface area contributed by atoms with Crippen molar-refractivity contribution in [3.63, 3.8) is 0 Å². The fraction of sp³-hybridized carbons (Fsp3) is 0.471. The van der Waals surface area contributed by atoms with Gasteiger partial charge in [-0.3, -0.25) is 0 Å². The van der Waals surface area contributed by atoms with E-state index in [9.17, 15) is 0 Å². The molecule has 0 saturated carbocycles. The molecule has 0 aromatic heterocycles. The number of hydrogen-bond donors (Lipinski definition) is 0. The summed E-state index contributed by atoms with van der Waals surface area (Å²) in [5.74, 6) is 0. The molecule has 0 aliphatic carbocycles. The first-order valence-corrected chi connectivity index (χ1v) is 5.85. The Balaban J connectivity index is -0.000000320. The van der Waals surface area contributed by atoms with Crippen LogP contribution in [-0.2, 0) is 26.2 Å². The van der Waals surface area contributed by atoms with Crippen LogP contribution in [0.4, 0.5) is 0 Å². The van der Waals surface area contributed by atoms with Crippen molar-refractivity contribution < 1.29 is 26.2 Å². The second-order valence-electron chi connectivity index (χ2n) is 5.17. The molecule has 1 aromatic carbocycles. The van der Waals surface area contributed by atoms with Gasteiger partial charge in [0.25, 0.3) is 0 Å². The van der Waals surface area contributed by atoms with E-state index < -0.39 is 0 Å². The van der Waals surface area contributed by atoms with Gasteiger partial charge in [0.15, 0.2) is 0 Å². The van der Waals surface area contributed by atoms with Crippen LogP contribution in [0.3, 0.4) is 0 Å². The van der Waals surface area contributed by atoms with Gasteiger partial charge >= 0.3 is 0 Å². The van der Waals surface area contributed by atoms with Gasteiger partial charge in [-0.1, -0.05) is 63.6 Å². The minimum Gasteiger partial charge on any atom is -0.673 e. The van der Waals surface area contributed by atoms with Crippen LogP contribution in [0, 0.1) is 22.3 Å². The average Bonchev–Trinajstić information content (AvgIpc) is 2.16. The molecule has 0 spiro atoms. The van der Waals surface area contributed by atoms with Crippen LogP contribution in [0.5, 0.6) is 0 Å². The Bertz CT molecular complexity index is 307. The topological polar surface area (TPSA) is 28.2 Å². The summed E-state index contributed by atoms with van der Waals surface area (Å²) in [6, 6.07) is 10.6. The van der Waals surface area contributed by atoms with Crippen LogP contribution < -0.4 is 0 Å². The Morgan fingerprint density at radius 2 is 1.35 bits per heavy atom. The van der Waals surface area contributed by atoms with Crippen molar-refractivity contribution in [3.05, 3.63) is 68.8 Å². The van der Waals surface area contributed by atoms with Crippen LogP contribution in [-0.4, -0.2) is 11.7 Å². The smallest absolute Gasteiger partial charge is 0 e. The summed E-state index contributed by atoms with van der Waals surface area (Å²) in [6.07, 6.45) is 0.0511. The number of nitrogens with zero attached hydrogens (tertiary/aromatic N) is 2. The predicted molar refractivity (Wildman–Crippen MR) is 90.0 cm³/mol. The van der Waals surface area contributed by atoms with Gasteiger partial charge < -0.3 is 32.9 Å². The predicted octanol–water partition coefficient (Wildman–Crippen LogP) is 5.99. The molecular formula is C17H31N2Zr-5. The third-order valence-corrected chi connectivity index (χ3v) is 2.30. The molecule has 1 unspecified atom stereocenters.